The Hall–Kier alpha value is -0.570. The Morgan fingerprint density at radius 3 is 2.44 bits per heavy atom. The van der Waals surface area contributed by atoms with Gasteiger partial charge in [-0.3, -0.25) is 4.79 Å². The van der Waals surface area contributed by atoms with E-state index in [1.54, 1.807) is 0 Å². The normalized spacial score (nSPS) is 17.4. The van der Waals surface area contributed by atoms with Crippen LogP contribution in [0.2, 0.25) is 0 Å². The quantitative estimate of drug-likeness (QED) is 0.675. The Morgan fingerprint density at radius 1 is 1.06 bits per heavy atom. The fourth-order valence-electron chi connectivity index (χ4n) is 2.51. The van der Waals surface area contributed by atoms with E-state index in [-0.39, 0.29) is 5.91 Å². The number of likely N-dealkylation sites (tertiary alicyclic amines) is 1. The van der Waals surface area contributed by atoms with Gasteiger partial charge in [0, 0.05) is 13.0 Å². The van der Waals surface area contributed by atoms with Gasteiger partial charge in [0.1, 0.15) is 0 Å². The van der Waals surface area contributed by atoms with E-state index < -0.39 is 0 Å². The standard InChI is InChI=1S/C15H30N2O/c1-2-3-6-10-15(18)16-11-9-14-17-12-7-4-5-8-13-17/h2-14H2,1H3,(H,16,18). The first-order chi connectivity index (χ1) is 8.83. The summed E-state index contributed by atoms with van der Waals surface area (Å²) >= 11 is 0. The van der Waals surface area contributed by atoms with Crippen molar-refractivity contribution in [2.75, 3.05) is 26.2 Å². The summed E-state index contributed by atoms with van der Waals surface area (Å²) in [4.78, 5) is 14.1. The number of nitrogens with zero attached hydrogens (tertiary/aromatic N) is 1. The number of unbranched alkanes of at least 4 members (excludes halogenated alkanes) is 2. The lowest BCUT2D eigenvalue weighted by molar-refractivity contribution is -0.121. The van der Waals surface area contributed by atoms with Crippen molar-refractivity contribution in [3.8, 4) is 0 Å². The van der Waals surface area contributed by atoms with Gasteiger partial charge in [-0.25, -0.2) is 0 Å². The van der Waals surface area contributed by atoms with Gasteiger partial charge in [0.2, 0.25) is 5.91 Å². The number of hydrogen-bond acceptors (Lipinski definition) is 2. The van der Waals surface area contributed by atoms with E-state index in [1.807, 2.05) is 0 Å². The van der Waals surface area contributed by atoms with Gasteiger partial charge in [-0.1, -0.05) is 32.6 Å². The highest BCUT2D eigenvalue weighted by atomic mass is 16.1. The second-order valence-electron chi connectivity index (χ2n) is 5.42. The van der Waals surface area contributed by atoms with Gasteiger partial charge >= 0.3 is 0 Å². The first-order valence-corrected chi connectivity index (χ1v) is 7.82. The second-order valence-corrected chi connectivity index (χ2v) is 5.42. The summed E-state index contributed by atoms with van der Waals surface area (Å²) < 4.78 is 0. The highest BCUT2D eigenvalue weighted by molar-refractivity contribution is 5.75. The summed E-state index contributed by atoms with van der Waals surface area (Å²) in [7, 11) is 0. The molecule has 1 rings (SSSR count). The number of nitrogens with one attached hydrogen (secondary N) is 1. The van der Waals surface area contributed by atoms with Crippen LogP contribution in [0.15, 0.2) is 0 Å². The highest BCUT2D eigenvalue weighted by Crippen LogP contribution is 2.09. The average molecular weight is 254 g/mol. The van der Waals surface area contributed by atoms with Crippen molar-refractivity contribution in [2.45, 2.75) is 64.7 Å². The molecule has 0 atom stereocenters. The third kappa shape index (κ3) is 7.70. The molecule has 3 nitrogen and oxygen atoms in total. The predicted molar refractivity (Wildman–Crippen MR) is 76.7 cm³/mol. The summed E-state index contributed by atoms with van der Waals surface area (Å²) in [6, 6.07) is 0. The number of carbonyl (C=O) groups excluding carboxylic acids is 1. The van der Waals surface area contributed by atoms with Crippen LogP contribution in [0, 0.1) is 0 Å². The lowest BCUT2D eigenvalue weighted by Gasteiger charge is -2.19. The monoisotopic (exact) mass is 254 g/mol. The summed E-state index contributed by atoms with van der Waals surface area (Å²) in [5.41, 5.74) is 0. The molecule has 0 aromatic heterocycles. The molecule has 0 aliphatic carbocycles. The molecule has 0 aromatic carbocycles. The topological polar surface area (TPSA) is 32.3 Å². The van der Waals surface area contributed by atoms with Gasteiger partial charge in [0.15, 0.2) is 0 Å². The molecule has 1 N–H and O–H groups in total. The van der Waals surface area contributed by atoms with Crippen molar-refractivity contribution in [1.29, 1.82) is 0 Å². The molecule has 0 spiro atoms. The van der Waals surface area contributed by atoms with Gasteiger partial charge in [-0.15, -0.1) is 0 Å². The van der Waals surface area contributed by atoms with E-state index in [4.69, 9.17) is 0 Å². The molecular weight excluding hydrogens is 224 g/mol. The van der Waals surface area contributed by atoms with E-state index in [2.05, 4.69) is 17.1 Å². The maximum atomic E-state index is 11.5. The Balaban J connectivity index is 1.95. The summed E-state index contributed by atoms with van der Waals surface area (Å²) in [6.45, 7) is 6.67. The van der Waals surface area contributed by atoms with E-state index >= 15 is 0 Å². The smallest absolute Gasteiger partial charge is 0.219 e. The van der Waals surface area contributed by atoms with E-state index in [0.29, 0.717) is 6.42 Å². The SMILES string of the molecule is CCCCCC(=O)NCCCN1CCCCCC1. The van der Waals surface area contributed by atoms with Crippen LogP contribution in [0.1, 0.15) is 64.7 Å². The molecule has 0 radical (unpaired) electrons. The van der Waals surface area contributed by atoms with Gasteiger partial charge in [-0.2, -0.15) is 0 Å². The zero-order chi connectivity index (χ0) is 13.1. The second kappa shape index (κ2) is 10.4. The maximum Gasteiger partial charge on any atom is 0.219 e. The van der Waals surface area contributed by atoms with Crippen LogP contribution < -0.4 is 5.32 Å². The Labute approximate surface area is 112 Å². The van der Waals surface area contributed by atoms with Crippen molar-refractivity contribution in [3.05, 3.63) is 0 Å². The first kappa shape index (κ1) is 15.5. The third-order valence-electron chi connectivity index (χ3n) is 3.68. The maximum absolute atomic E-state index is 11.5. The minimum atomic E-state index is 0.235. The van der Waals surface area contributed by atoms with Gasteiger partial charge < -0.3 is 10.2 Å². The van der Waals surface area contributed by atoms with E-state index in [9.17, 15) is 4.79 Å². The molecule has 106 valence electrons. The molecule has 3 heteroatoms. The predicted octanol–water partition coefficient (Wildman–Crippen LogP) is 2.95. The minimum absolute atomic E-state index is 0.235. The van der Waals surface area contributed by atoms with E-state index in [1.165, 1.54) is 51.6 Å². The number of rotatable bonds is 8. The molecular formula is C15H30N2O. The van der Waals surface area contributed by atoms with Crippen molar-refractivity contribution < 1.29 is 4.79 Å². The van der Waals surface area contributed by atoms with Crippen molar-refractivity contribution in [2.24, 2.45) is 0 Å². The molecule has 0 aromatic rings. The molecule has 0 bridgehead atoms. The number of hydrogen-bond donors (Lipinski definition) is 1. The lowest BCUT2D eigenvalue weighted by Crippen LogP contribution is -2.30. The van der Waals surface area contributed by atoms with Crippen LogP contribution >= 0.6 is 0 Å². The van der Waals surface area contributed by atoms with Gasteiger partial charge in [0.25, 0.3) is 0 Å². The fourth-order valence-corrected chi connectivity index (χ4v) is 2.51. The average Bonchev–Trinajstić information content (AvgIpc) is 2.63. The van der Waals surface area contributed by atoms with Crippen molar-refractivity contribution in [3.63, 3.8) is 0 Å². The molecule has 1 aliphatic rings. The minimum Gasteiger partial charge on any atom is -0.356 e. The molecule has 0 saturated carbocycles. The van der Waals surface area contributed by atoms with Crippen molar-refractivity contribution >= 4 is 5.91 Å². The van der Waals surface area contributed by atoms with Crippen LogP contribution in [-0.4, -0.2) is 37.0 Å². The lowest BCUT2D eigenvalue weighted by atomic mass is 10.2. The van der Waals surface area contributed by atoms with Crippen LogP contribution in [0.5, 0.6) is 0 Å². The highest BCUT2D eigenvalue weighted by Gasteiger charge is 2.08. The van der Waals surface area contributed by atoms with Crippen LogP contribution in [0.3, 0.4) is 0 Å². The summed E-state index contributed by atoms with van der Waals surface area (Å²) in [6.07, 6.45) is 10.7. The zero-order valence-electron chi connectivity index (χ0n) is 12.0. The fraction of sp³-hybridized carbons (Fsp3) is 0.933. The molecule has 18 heavy (non-hydrogen) atoms. The number of amides is 1. The van der Waals surface area contributed by atoms with Crippen molar-refractivity contribution in [1.82, 2.24) is 10.2 Å². The molecule has 0 unspecified atom stereocenters. The molecule has 1 saturated heterocycles. The largest absolute Gasteiger partial charge is 0.356 e. The summed E-state index contributed by atoms with van der Waals surface area (Å²) in [5, 5.41) is 3.03. The first-order valence-electron chi connectivity index (χ1n) is 7.82. The zero-order valence-corrected chi connectivity index (χ0v) is 12.0. The van der Waals surface area contributed by atoms with Gasteiger partial charge in [0.05, 0.1) is 0 Å². The third-order valence-corrected chi connectivity index (χ3v) is 3.68. The van der Waals surface area contributed by atoms with Crippen LogP contribution in [-0.2, 0) is 4.79 Å². The van der Waals surface area contributed by atoms with E-state index in [0.717, 1.165) is 25.9 Å². The Bertz CT molecular complexity index is 211. The molecule has 1 amide bonds. The van der Waals surface area contributed by atoms with Crippen LogP contribution in [0.4, 0.5) is 0 Å². The van der Waals surface area contributed by atoms with Gasteiger partial charge in [-0.05, 0) is 45.3 Å². The molecule has 1 heterocycles. The summed E-state index contributed by atoms with van der Waals surface area (Å²) in [5.74, 6) is 0.235. The molecule has 1 aliphatic heterocycles. The Kier molecular flexibility index (Phi) is 8.92. The van der Waals surface area contributed by atoms with Crippen LogP contribution in [0.25, 0.3) is 0 Å². The Morgan fingerprint density at radius 2 is 1.78 bits per heavy atom. The molecule has 1 fully saturated rings. The number of carbonyl (C=O) groups is 1.